The number of rotatable bonds is 5. The van der Waals surface area contributed by atoms with E-state index < -0.39 is 5.92 Å². The van der Waals surface area contributed by atoms with Crippen LogP contribution in [0.25, 0.3) is 11.3 Å². The lowest BCUT2D eigenvalue weighted by Gasteiger charge is -2.14. The van der Waals surface area contributed by atoms with Crippen LogP contribution >= 0.6 is 15.9 Å². The van der Waals surface area contributed by atoms with Gasteiger partial charge < -0.3 is 9.26 Å². The minimum absolute atomic E-state index is 0.0465. The average molecular weight is 354 g/mol. The van der Waals surface area contributed by atoms with Crippen molar-refractivity contribution >= 4 is 21.9 Å². The molecule has 2 aromatic rings. The van der Waals surface area contributed by atoms with E-state index in [1.54, 1.807) is 18.5 Å². The maximum atomic E-state index is 11.8. The first-order valence-electron chi connectivity index (χ1n) is 6.48. The molecule has 0 N–H and O–H groups in total. The van der Waals surface area contributed by atoms with Crippen LogP contribution in [0.3, 0.4) is 0 Å². The predicted octanol–water partition coefficient (Wildman–Crippen LogP) is 2.94. The van der Waals surface area contributed by atoms with Crippen molar-refractivity contribution in [3.63, 3.8) is 0 Å². The number of esters is 1. The molecule has 0 aliphatic heterocycles. The van der Waals surface area contributed by atoms with Gasteiger partial charge in [0.1, 0.15) is 17.4 Å². The number of nitrogens with zero attached hydrogens (tertiary/aromatic N) is 3. The third-order valence-corrected chi connectivity index (χ3v) is 3.58. The zero-order valence-electron chi connectivity index (χ0n) is 12.0. The second-order valence-electron chi connectivity index (χ2n) is 4.88. The summed E-state index contributed by atoms with van der Waals surface area (Å²) in [5.41, 5.74) is 1.34. The smallest absolute Gasteiger partial charge is 0.316 e. The molecule has 0 aromatic carbocycles. The summed E-state index contributed by atoms with van der Waals surface area (Å²) in [5.74, 6) is 0.413. The summed E-state index contributed by atoms with van der Waals surface area (Å²) in [6.45, 7) is 3.86. The Morgan fingerprint density at radius 2 is 2.05 bits per heavy atom. The first-order chi connectivity index (χ1) is 10.1. The van der Waals surface area contributed by atoms with Crippen molar-refractivity contribution in [3.8, 4) is 11.3 Å². The number of carbonyl (C=O) groups is 1. The van der Waals surface area contributed by atoms with E-state index in [2.05, 4.69) is 31.1 Å². The maximum absolute atomic E-state index is 11.8. The Morgan fingerprint density at radius 1 is 1.38 bits per heavy atom. The summed E-state index contributed by atoms with van der Waals surface area (Å²) in [4.78, 5) is 20.2. The molecule has 0 bridgehead atoms. The number of aromatic nitrogens is 3. The second kappa shape index (κ2) is 6.80. The van der Waals surface area contributed by atoms with Crippen LogP contribution in [0.4, 0.5) is 0 Å². The van der Waals surface area contributed by atoms with Gasteiger partial charge in [0.15, 0.2) is 5.76 Å². The lowest BCUT2D eigenvalue weighted by Crippen LogP contribution is -2.19. The third kappa shape index (κ3) is 3.47. The molecule has 2 rings (SSSR count). The molecule has 2 heterocycles. The highest BCUT2D eigenvalue weighted by molar-refractivity contribution is 9.08. The van der Waals surface area contributed by atoms with E-state index in [-0.39, 0.29) is 11.9 Å². The Labute approximate surface area is 131 Å². The van der Waals surface area contributed by atoms with Crippen LogP contribution in [0.5, 0.6) is 0 Å². The van der Waals surface area contributed by atoms with E-state index in [1.165, 1.54) is 7.11 Å². The van der Waals surface area contributed by atoms with Crippen LogP contribution in [-0.4, -0.2) is 28.2 Å². The molecule has 0 aliphatic rings. The van der Waals surface area contributed by atoms with Gasteiger partial charge in [0.2, 0.25) is 0 Å². The third-order valence-electron chi connectivity index (χ3n) is 3.08. The van der Waals surface area contributed by atoms with Crippen molar-refractivity contribution in [3.05, 3.63) is 30.0 Å². The Kier molecular flexibility index (Phi) is 5.06. The minimum atomic E-state index is -0.473. The van der Waals surface area contributed by atoms with Gasteiger partial charge in [0.25, 0.3) is 0 Å². The van der Waals surface area contributed by atoms with E-state index in [0.29, 0.717) is 22.6 Å². The van der Waals surface area contributed by atoms with Gasteiger partial charge in [-0.15, -0.1) is 0 Å². The number of ether oxygens (including phenoxy) is 1. The van der Waals surface area contributed by atoms with Gasteiger partial charge in [0, 0.05) is 24.0 Å². The number of methoxy groups -OCH3 is 1. The van der Waals surface area contributed by atoms with E-state index in [1.807, 2.05) is 13.8 Å². The van der Waals surface area contributed by atoms with Crippen LogP contribution in [0.2, 0.25) is 0 Å². The van der Waals surface area contributed by atoms with Gasteiger partial charge in [-0.1, -0.05) is 34.9 Å². The zero-order valence-corrected chi connectivity index (χ0v) is 13.6. The fourth-order valence-corrected chi connectivity index (χ4v) is 2.26. The van der Waals surface area contributed by atoms with Gasteiger partial charge in [-0.25, -0.2) is 9.97 Å². The molecule has 0 fully saturated rings. The summed E-state index contributed by atoms with van der Waals surface area (Å²) in [5, 5.41) is 4.58. The quantitative estimate of drug-likeness (QED) is 0.607. The van der Waals surface area contributed by atoms with Gasteiger partial charge in [0.05, 0.1) is 12.4 Å². The number of halogens is 1. The molecule has 21 heavy (non-hydrogen) atoms. The predicted molar refractivity (Wildman–Crippen MR) is 79.8 cm³/mol. The van der Waals surface area contributed by atoms with Gasteiger partial charge in [-0.2, -0.15) is 0 Å². The second-order valence-corrected chi connectivity index (χ2v) is 5.44. The first-order valence-corrected chi connectivity index (χ1v) is 7.60. The van der Waals surface area contributed by atoms with Crippen molar-refractivity contribution in [1.82, 2.24) is 15.1 Å². The van der Waals surface area contributed by atoms with E-state index >= 15 is 0 Å². The van der Waals surface area contributed by atoms with Crippen molar-refractivity contribution in [1.29, 1.82) is 0 Å². The lowest BCUT2D eigenvalue weighted by atomic mass is 9.93. The molecule has 0 spiro atoms. The average Bonchev–Trinajstić information content (AvgIpc) is 2.96. The van der Waals surface area contributed by atoms with Crippen LogP contribution in [0.15, 0.2) is 23.0 Å². The molecule has 1 atom stereocenters. The molecular weight excluding hydrogens is 338 g/mol. The molecule has 6 nitrogen and oxygen atoms in total. The fraction of sp³-hybridized carbons (Fsp3) is 0.429. The SMILES string of the molecule is COC(=O)C(c1cc(-c2cnc(CBr)nc2)no1)C(C)C. The normalized spacial score (nSPS) is 12.4. The van der Waals surface area contributed by atoms with Crippen molar-refractivity contribution in [2.45, 2.75) is 25.1 Å². The molecule has 7 heteroatoms. The standard InChI is InChI=1S/C14H16BrN3O3/c1-8(2)13(14(19)20-3)11-4-10(18-21-11)9-6-16-12(5-15)17-7-9/h4,6-8,13H,5H2,1-3H3. The highest BCUT2D eigenvalue weighted by atomic mass is 79.9. The zero-order chi connectivity index (χ0) is 15.4. The molecule has 112 valence electrons. The van der Waals surface area contributed by atoms with E-state index in [0.717, 1.165) is 5.56 Å². The van der Waals surface area contributed by atoms with Gasteiger partial charge >= 0.3 is 5.97 Å². The molecule has 2 aromatic heterocycles. The Balaban J connectivity index is 2.29. The summed E-state index contributed by atoms with van der Waals surface area (Å²) >= 11 is 3.29. The number of hydrogen-bond donors (Lipinski definition) is 0. The van der Waals surface area contributed by atoms with E-state index in [4.69, 9.17) is 9.26 Å². The number of hydrogen-bond acceptors (Lipinski definition) is 6. The van der Waals surface area contributed by atoms with Crippen LogP contribution in [0, 0.1) is 5.92 Å². The molecule has 0 radical (unpaired) electrons. The van der Waals surface area contributed by atoms with Crippen LogP contribution in [-0.2, 0) is 14.9 Å². The van der Waals surface area contributed by atoms with Crippen molar-refractivity contribution < 1.29 is 14.1 Å². The Bertz CT molecular complexity index is 610. The minimum Gasteiger partial charge on any atom is -0.468 e. The summed E-state index contributed by atoms with van der Waals surface area (Å²) in [6.07, 6.45) is 3.35. The van der Waals surface area contributed by atoms with Gasteiger partial charge in [-0.3, -0.25) is 4.79 Å². The summed E-state index contributed by atoms with van der Waals surface area (Å²) in [6, 6.07) is 1.73. The van der Waals surface area contributed by atoms with Crippen molar-refractivity contribution in [2.75, 3.05) is 7.11 Å². The fourth-order valence-electron chi connectivity index (χ4n) is 1.97. The monoisotopic (exact) mass is 353 g/mol. The van der Waals surface area contributed by atoms with Gasteiger partial charge in [-0.05, 0) is 5.92 Å². The number of alkyl halides is 1. The molecule has 1 unspecified atom stereocenters. The molecule has 0 saturated carbocycles. The van der Waals surface area contributed by atoms with E-state index in [9.17, 15) is 4.79 Å². The Hall–Kier alpha value is -1.76. The summed E-state index contributed by atoms with van der Waals surface area (Å²) in [7, 11) is 1.36. The molecular formula is C14H16BrN3O3. The van der Waals surface area contributed by atoms with Crippen molar-refractivity contribution in [2.24, 2.45) is 5.92 Å². The Morgan fingerprint density at radius 3 is 2.57 bits per heavy atom. The van der Waals surface area contributed by atoms with Crippen LogP contribution in [0.1, 0.15) is 31.4 Å². The summed E-state index contributed by atoms with van der Waals surface area (Å²) < 4.78 is 10.1. The topological polar surface area (TPSA) is 78.1 Å². The molecule has 0 saturated heterocycles. The highest BCUT2D eigenvalue weighted by Crippen LogP contribution is 2.29. The maximum Gasteiger partial charge on any atom is 0.316 e. The molecule has 0 aliphatic carbocycles. The van der Waals surface area contributed by atoms with Crippen LogP contribution < -0.4 is 0 Å². The molecule has 0 amide bonds. The highest BCUT2D eigenvalue weighted by Gasteiger charge is 2.29. The number of carbonyl (C=O) groups excluding carboxylic acids is 1. The largest absolute Gasteiger partial charge is 0.468 e. The first kappa shape index (κ1) is 15.6. The lowest BCUT2D eigenvalue weighted by molar-refractivity contribution is -0.144.